The predicted octanol–water partition coefficient (Wildman–Crippen LogP) is 9.55. The number of carbonyl (C=O) groups excluding carboxylic acids is 4. The van der Waals surface area contributed by atoms with Gasteiger partial charge in [0.15, 0.2) is 18.4 Å². The topological polar surface area (TPSA) is 210 Å². The van der Waals surface area contributed by atoms with Crippen LogP contribution < -0.4 is 11.2 Å². The van der Waals surface area contributed by atoms with Crippen molar-refractivity contribution in [3.8, 4) is 0 Å². The summed E-state index contributed by atoms with van der Waals surface area (Å²) in [5.74, 6) is -2.72. The van der Waals surface area contributed by atoms with E-state index in [4.69, 9.17) is 23.7 Å². The number of aromatic amines is 1. The molecule has 1 aliphatic rings. The molecule has 1 fully saturated rings. The normalized spacial score (nSPS) is 17.1. The summed E-state index contributed by atoms with van der Waals surface area (Å²) in [4.78, 5) is 77.2. The molecule has 2 heterocycles. The lowest BCUT2D eigenvalue weighted by Gasteiger charge is -2.22. The number of nitrogens with one attached hydrogen (secondary N) is 1. The molecule has 3 N–H and O–H groups in total. The summed E-state index contributed by atoms with van der Waals surface area (Å²) in [6.07, 6.45) is 32.5. The van der Waals surface area contributed by atoms with Crippen LogP contribution in [0.25, 0.3) is 0 Å². The second kappa shape index (κ2) is 38.8. The van der Waals surface area contributed by atoms with Crippen LogP contribution in [0.3, 0.4) is 0 Å². The molecule has 4 atom stereocenters. The lowest BCUT2D eigenvalue weighted by molar-refractivity contribution is -0.168. The molecule has 1 saturated heterocycles. The fraction of sp³-hybridized carbons (Fsp3) is 0.769. The standard InChI is InChI=1S/C52H86N2O13/c1-3-5-7-9-11-13-15-17-19-21-23-25-27-29-31-33-45(57)63-40-42(41-64-46(58)34-32-30-28-26-24-22-20-18-16-14-12-10-8-6-4-2)65-47(59)35-36-48(60)67-50-49(61)43(39-55)66-51(50)54-38-37-44(56)53-52(54)62/h17-20,37-38,42-43,49-51,55,61H,3-16,21-36,39-41H2,1-2H3,(H,53,56,62)/b19-17-,20-18-/t43-,49-,50-,51-/m1/s1. The van der Waals surface area contributed by atoms with Gasteiger partial charge in [-0.2, -0.15) is 0 Å². The highest BCUT2D eigenvalue weighted by Crippen LogP contribution is 2.31. The van der Waals surface area contributed by atoms with E-state index in [1.807, 2.05) is 0 Å². The molecular weight excluding hydrogens is 861 g/mol. The summed E-state index contributed by atoms with van der Waals surface area (Å²) in [6.45, 7) is 3.13. The van der Waals surface area contributed by atoms with Crippen molar-refractivity contribution in [3.63, 3.8) is 0 Å². The van der Waals surface area contributed by atoms with E-state index in [1.165, 1.54) is 77.0 Å². The van der Waals surface area contributed by atoms with Gasteiger partial charge in [-0.05, 0) is 64.2 Å². The number of esters is 4. The molecule has 67 heavy (non-hydrogen) atoms. The maximum Gasteiger partial charge on any atom is 0.330 e. The number of H-pyrrole nitrogens is 1. The summed E-state index contributed by atoms with van der Waals surface area (Å²) >= 11 is 0. The number of aliphatic hydroxyl groups excluding tert-OH is 2. The average molecular weight is 947 g/mol. The number of ether oxygens (including phenoxy) is 5. The molecule has 1 aliphatic heterocycles. The van der Waals surface area contributed by atoms with Gasteiger partial charge < -0.3 is 33.9 Å². The molecule has 15 nitrogen and oxygen atoms in total. The molecule has 0 bridgehead atoms. The van der Waals surface area contributed by atoms with Crippen molar-refractivity contribution in [2.75, 3.05) is 19.8 Å². The molecule has 1 aromatic heterocycles. The third kappa shape index (κ3) is 28.8. The monoisotopic (exact) mass is 947 g/mol. The van der Waals surface area contributed by atoms with E-state index in [9.17, 15) is 39.0 Å². The predicted molar refractivity (Wildman–Crippen MR) is 258 cm³/mol. The third-order valence-corrected chi connectivity index (χ3v) is 11.9. The highest BCUT2D eigenvalue weighted by molar-refractivity contribution is 5.78. The maximum absolute atomic E-state index is 13.0. The first-order valence-corrected chi connectivity index (χ1v) is 25.9. The Morgan fingerprint density at radius 2 is 1.06 bits per heavy atom. The Kier molecular flexibility index (Phi) is 34.2. The highest BCUT2D eigenvalue weighted by atomic mass is 16.6. The SMILES string of the molecule is CCCCCCCC/C=C\CCCCCCCC(=O)OCC(COC(=O)CCCCCCC/C=C\CCCCCCCC)OC(=O)CCC(=O)O[C@@H]1[C@H](O)[C@@H](CO)O[C@H]1n1ccc(=O)[nH]c1=O. The second-order valence-corrected chi connectivity index (χ2v) is 17.9. The number of aromatic nitrogens is 2. The number of unbranched alkanes of at least 4 members (excludes halogenated alkanes) is 22. The average Bonchev–Trinajstić information content (AvgIpc) is 3.62. The van der Waals surface area contributed by atoms with Gasteiger partial charge in [-0.25, -0.2) is 4.79 Å². The molecule has 382 valence electrons. The van der Waals surface area contributed by atoms with Crippen LogP contribution in [0.15, 0.2) is 46.2 Å². The van der Waals surface area contributed by atoms with Crippen LogP contribution >= 0.6 is 0 Å². The zero-order chi connectivity index (χ0) is 48.7. The number of rotatable bonds is 41. The van der Waals surface area contributed by atoms with Gasteiger partial charge in [-0.1, -0.05) is 141 Å². The van der Waals surface area contributed by atoms with E-state index in [1.54, 1.807) is 0 Å². The summed E-state index contributed by atoms with van der Waals surface area (Å²) in [6, 6.07) is 1.04. The van der Waals surface area contributed by atoms with Gasteiger partial charge in [0.2, 0.25) is 0 Å². The van der Waals surface area contributed by atoms with E-state index >= 15 is 0 Å². The molecule has 1 aromatic rings. The lowest BCUT2D eigenvalue weighted by Crippen LogP contribution is -2.40. The Balaban J connectivity index is 1.78. The Morgan fingerprint density at radius 1 is 0.627 bits per heavy atom. The summed E-state index contributed by atoms with van der Waals surface area (Å²) in [7, 11) is 0. The minimum absolute atomic E-state index is 0.194. The number of carbonyl (C=O) groups is 4. The smallest absolute Gasteiger partial charge is 0.330 e. The molecule has 0 radical (unpaired) electrons. The number of hydrogen-bond donors (Lipinski definition) is 3. The lowest BCUT2D eigenvalue weighted by atomic mass is 10.1. The van der Waals surface area contributed by atoms with Gasteiger partial charge in [-0.3, -0.25) is 33.5 Å². The van der Waals surface area contributed by atoms with Crippen LogP contribution in [0.4, 0.5) is 0 Å². The van der Waals surface area contributed by atoms with Gasteiger partial charge in [0.25, 0.3) is 5.56 Å². The van der Waals surface area contributed by atoms with Crippen molar-refractivity contribution in [3.05, 3.63) is 57.4 Å². The van der Waals surface area contributed by atoms with E-state index < -0.39 is 85.2 Å². The van der Waals surface area contributed by atoms with Crippen molar-refractivity contribution in [2.45, 2.75) is 237 Å². The second-order valence-electron chi connectivity index (χ2n) is 17.9. The third-order valence-electron chi connectivity index (χ3n) is 11.9. The first kappa shape index (κ1) is 59.0. The molecule has 0 spiro atoms. The Labute approximate surface area is 399 Å². The minimum atomic E-state index is -1.53. The van der Waals surface area contributed by atoms with Gasteiger partial charge in [0, 0.05) is 25.1 Å². The maximum atomic E-state index is 13.0. The molecule has 15 heteroatoms. The zero-order valence-corrected chi connectivity index (χ0v) is 41.0. The number of aliphatic hydroxyl groups is 2. The van der Waals surface area contributed by atoms with Crippen LogP contribution in [0, 0.1) is 0 Å². The van der Waals surface area contributed by atoms with Gasteiger partial charge in [0.1, 0.15) is 25.4 Å². The van der Waals surface area contributed by atoms with Crippen LogP contribution in [0.1, 0.15) is 213 Å². The number of allylic oxidation sites excluding steroid dienone is 4. The van der Waals surface area contributed by atoms with Crippen molar-refractivity contribution in [1.82, 2.24) is 9.55 Å². The molecular formula is C52H86N2O13. The molecule has 0 aliphatic carbocycles. The minimum Gasteiger partial charge on any atom is -0.462 e. The number of hydrogen-bond acceptors (Lipinski definition) is 13. The van der Waals surface area contributed by atoms with Crippen molar-refractivity contribution in [1.29, 1.82) is 0 Å². The fourth-order valence-corrected chi connectivity index (χ4v) is 7.82. The first-order valence-electron chi connectivity index (χ1n) is 25.9. The molecule has 2 rings (SSSR count). The van der Waals surface area contributed by atoms with Crippen LogP contribution in [-0.4, -0.2) is 87.9 Å². The van der Waals surface area contributed by atoms with Crippen molar-refractivity contribution in [2.24, 2.45) is 0 Å². The molecule has 0 unspecified atom stereocenters. The first-order chi connectivity index (χ1) is 32.6. The van der Waals surface area contributed by atoms with Gasteiger partial charge in [-0.15, -0.1) is 0 Å². The largest absolute Gasteiger partial charge is 0.462 e. The Morgan fingerprint density at radius 3 is 1.51 bits per heavy atom. The quantitative estimate of drug-likeness (QED) is 0.0242. The van der Waals surface area contributed by atoms with Crippen LogP contribution in [-0.2, 0) is 42.9 Å². The van der Waals surface area contributed by atoms with Gasteiger partial charge in [0.05, 0.1) is 19.4 Å². The van der Waals surface area contributed by atoms with Crippen molar-refractivity contribution < 1.29 is 53.1 Å². The van der Waals surface area contributed by atoms with E-state index in [0.717, 1.165) is 93.9 Å². The molecule has 0 amide bonds. The number of nitrogens with zero attached hydrogens (tertiary/aromatic N) is 1. The molecule has 0 saturated carbocycles. The summed E-state index contributed by atoms with van der Waals surface area (Å²) in [5, 5.41) is 20.3. The van der Waals surface area contributed by atoms with E-state index in [-0.39, 0.29) is 26.1 Å². The zero-order valence-electron chi connectivity index (χ0n) is 41.0. The summed E-state index contributed by atoms with van der Waals surface area (Å²) in [5.41, 5.74) is -1.56. The van der Waals surface area contributed by atoms with Crippen LogP contribution in [0.2, 0.25) is 0 Å². The van der Waals surface area contributed by atoms with Crippen LogP contribution in [0.5, 0.6) is 0 Å². The summed E-state index contributed by atoms with van der Waals surface area (Å²) < 4.78 is 28.2. The Bertz CT molecular complexity index is 1600. The van der Waals surface area contributed by atoms with E-state index in [0.29, 0.717) is 12.8 Å². The van der Waals surface area contributed by atoms with Crippen molar-refractivity contribution >= 4 is 23.9 Å². The van der Waals surface area contributed by atoms with Gasteiger partial charge >= 0.3 is 29.6 Å². The Hall–Kier alpha value is -4.08. The van der Waals surface area contributed by atoms with E-state index in [2.05, 4.69) is 43.1 Å². The molecule has 0 aromatic carbocycles. The highest BCUT2D eigenvalue weighted by Gasteiger charge is 2.47. The fourth-order valence-electron chi connectivity index (χ4n) is 7.82.